The summed E-state index contributed by atoms with van der Waals surface area (Å²) in [5.41, 5.74) is 1.04. The number of aromatic nitrogens is 1. The van der Waals surface area contributed by atoms with Crippen molar-refractivity contribution in [3.63, 3.8) is 0 Å². The van der Waals surface area contributed by atoms with Gasteiger partial charge in [-0.25, -0.2) is 4.98 Å². The third kappa shape index (κ3) is 4.45. The van der Waals surface area contributed by atoms with Crippen molar-refractivity contribution < 1.29 is 19.1 Å². The Kier molecular flexibility index (Phi) is 5.86. The first-order valence-corrected chi connectivity index (χ1v) is 8.46. The molecule has 0 aliphatic rings. The van der Waals surface area contributed by atoms with Crippen LogP contribution in [0.1, 0.15) is 20.7 Å². The molecular weight excluding hydrogens is 358 g/mol. The molecule has 0 spiro atoms. The lowest BCUT2D eigenvalue weighted by molar-refractivity contribution is 0.102. The number of carbonyl (C=O) groups excluding carboxylic acids is 2. The van der Waals surface area contributed by atoms with Crippen LogP contribution in [-0.4, -0.2) is 31.0 Å². The van der Waals surface area contributed by atoms with Crippen LogP contribution < -0.4 is 20.1 Å². The van der Waals surface area contributed by atoms with Crippen molar-refractivity contribution in [1.29, 1.82) is 0 Å². The second-order valence-corrected chi connectivity index (χ2v) is 5.77. The summed E-state index contributed by atoms with van der Waals surface area (Å²) < 4.78 is 10.4. The van der Waals surface area contributed by atoms with Crippen molar-refractivity contribution in [2.75, 3.05) is 24.9 Å². The number of amides is 2. The summed E-state index contributed by atoms with van der Waals surface area (Å²) >= 11 is 0. The van der Waals surface area contributed by atoms with Gasteiger partial charge in [-0.05, 0) is 36.4 Å². The lowest BCUT2D eigenvalue weighted by atomic mass is 10.1. The number of para-hydroxylation sites is 1. The zero-order valence-electron chi connectivity index (χ0n) is 15.4. The zero-order valence-corrected chi connectivity index (χ0v) is 15.4. The number of hydrogen-bond acceptors (Lipinski definition) is 5. The zero-order chi connectivity index (χ0) is 19.9. The van der Waals surface area contributed by atoms with E-state index in [1.54, 1.807) is 66.9 Å². The summed E-state index contributed by atoms with van der Waals surface area (Å²) in [7, 11) is 3.02. The van der Waals surface area contributed by atoms with Gasteiger partial charge in [0.15, 0.2) is 0 Å². The predicted molar refractivity (Wildman–Crippen MR) is 106 cm³/mol. The van der Waals surface area contributed by atoms with Crippen LogP contribution >= 0.6 is 0 Å². The highest BCUT2D eigenvalue weighted by molar-refractivity contribution is 6.12. The lowest BCUT2D eigenvalue weighted by Crippen LogP contribution is -2.18. The topological polar surface area (TPSA) is 89.5 Å². The second-order valence-electron chi connectivity index (χ2n) is 5.77. The third-order valence-electron chi connectivity index (χ3n) is 3.94. The fourth-order valence-electron chi connectivity index (χ4n) is 2.54. The van der Waals surface area contributed by atoms with Crippen molar-refractivity contribution >= 4 is 23.3 Å². The first kappa shape index (κ1) is 18.9. The minimum Gasteiger partial charge on any atom is -0.497 e. The maximum absolute atomic E-state index is 12.7. The normalized spacial score (nSPS) is 10.1. The number of carbonyl (C=O) groups is 2. The van der Waals surface area contributed by atoms with Crippen LogP contribution in [0, 0.1) is 0 Å². The Balaban J connectivity index is 1.83. The summed E-state index contributed by atoms with van der Waals surface area (Å²) in [5, 5.41) is 5.47. The molecule has 0 aliphatic heterocycles. The van der Waals surface area contributed by atoms with E-state index in [9.17, 15) is 9.59 Å². The molecule has 0 radical (unpaired) electrons. The van der Waals surface area contributed by atoms with E-state index >= 15 is 0 Å². The third-order valence-corrected chi connectivity index (χ3v) is 3.94. The van der Waals surface area contributed by atoms with Crippen LogP contribution in [-0.2, 0) is 0 Å². The van der Waals surface area contributed by atoms with E-state index in [0.29, 0.717) is 34.1 Å². The summed E-state index contributed by atoms with van der Waals surface area (Å²) in [5.74, 6) is 0.635. The number of anilines is 2. The van der Waals surface area contributed by atoms with Crippen molar-refractivity contribution in [3.8, 4) is 11.5 Å². The molecule has 0 atom stereocenters. The Morgan fingerprint density at radius 3 is 2.14 bits per heavy atom. The molecule has 7 nitrogen and oxygen atoms in total. The van der Waals surface area contributed by atoms with Gasteiger partial charge in [-0.15, -0.1) is 0 Å². The van der Waals surface area contributed by atoms with Crippen LogP contribution in [0.3, 0.4) is 0 Å². The minimum atomic E-state index is -0.393. The van der Waals surface area contributed by atoms with Gasteiger partial charge in [-0.3, -0.25) is 9.59 Å². The van der Waals surface area contributed by atoms with Gasteiger partial charge in [0, 0.05) is 17.8 Å². The van der Waals surface area contributed by atoms with E-state index in [4.69, 9.17) is 9.47 Å². The first-order chi connectivity index (χ1) is 13.6. The maximum Gasteiger partial charge on any atom is 0.258 e. The molecule has 142 valence electrons. The molecule has 0 saturated carbocycles. The molecule has 7 heteroatoms. The molecule has 0 bridgehead atoms. The SMILES string of the molecule is COc1cc(OC)cc(C(=O)Nc2ccccc2C(=O)Nc2ccccn2)c1. The summed E-state index contributed by atoms with van der Waals surface area (Å²) in [6.07, 6.45) is 1.58. The number of nitrogens with one attached hydrogen (secondary N) is 2. The largest absolute Gasteiger partial charge is 0.497 e. The Labute approximate surface area is 162 Å². The number of benzene rings is 2. The van der Waals surface area contributed by atoms with Crippen LogP contribution in [0.25, 0.3) is 0 Å². The Morgan fingerprint density at radius 2 is 1.50 bits per heavy atom. The number of rotatable bonds is 6. The van der Waals surface area contributed by atoms with E-state index in [-0.39, 0.29) is 5.91 Å². The molecule has 2 aromatic carbocycles. The average Bonchev–Trinajstić information content (AvgIpc) is 2.74. The fraction of sp³-hybridized carbons (Fsp3) is 0.0952. The van der Waals surface area contributed by atoms with Crippen molar-refractivity contribution in [2.24, 2.45) is 0 Å². The van der Waals surface area contributed by atoms with Crippen molar-refractivity contribution in [3.05, 3.63) is 78.0 Å². The van der Waals surface area contributed by atoms with Gasteiger partial charge in [0.25, 0.3) is 11.8 Å². The maximum atomic E-state index is 12.7. The molecule has 3 aromatic rings. The Morgan fingerprint density at radius 1 is 0.821 bits per heavy atom. The Bertz CT molecular complexity index is 968. The smallest absolute Gasteiger partial charge is 0.258 e. The van der Waals surface area contributed by atoms with Gasteiger partial charge in [0.2, 0.25) is 0 Å². The monoisotopic (exact) mass is 377 g/mol. The van der Waals surface area contributed by atoms with Crippen LogP contribution in [0.5, 0.6) is 11.5 Å². The number of nitrogens with zero attached hydrogens (tertiary/aromatic N) is 1. The molecule has 1 aromatic heterocycles. The van der Waals surface area contributed by atoms with Crippen LogP contribution in [0.4, 0.5) is 11.5 Å². The average molecular weight is 377 g/mol. The lowest BCUT2D eigenvalue weighted by Gasteiger charge is -2.12. The van der Waals surface area contributed by atoms with Gasteiger partial charge in [-0.2, -0.15) is 0 Å². The van der Waals surface area contributed by atoms with E-state index in [0.717, 1.165) is 0 Å². The van der Waals surface area contributed by atoms with Gasteiger partial charge < -0.3 is 20.1 Å². The molecule has 2 N–H and O–H groups in total. The van der Waals surface area contributed by atoms with E-state index in [1.807, 2.05) is 0 Å². The number of ether oxygens (including phenoxy) is 2. The fourth-order valence-corrected chi connectivity index (χ4v) is 2.54. The van der Waals surface area contributed by atoms with Gasteiger partial charge in [0.05, 0.1) is 25.5 Å². The van der Waals surface area contributed by atoms with E-state index in [1.165, 1.54) is 14.2 Å². The molecular formula is C21H19N3O4. The van der Waals surface area contributed by atoms with E-state index in [2.05, 4.69) is 15.6 Å². The molecule has 0 aliphatic carbocycles. The molecule has 0 unspecified atom stereocenters. The van der Waals surface area contributed by atoms with Gasteiger partial charge in [-0.1, -0.05) is 18.2 Å². The van der Waals surface area contributed by atoms with Crippen molar-refractivity contribution in [2.45, 2.75) is 0 Å². The first-order valence-electron chi connectivity index (χ1n) is 8.46. The van der Waals surface area contributed by atoms with Crippen LogP contribution in [0.15, 0.2) is 66.9 Å². The van der Waals surface area contributed by atoms with Crippen LogP contribution in [0.2, 0.25) is 0 Å². The molecule has 28 heavy (non-hydrogen) atoms. The quantitative estimate of drug-likeness (QED) is 0.685. The summed E-state index contributed by atoms with van der Waals surface area (Å²) in [6, 6.07) is 16.8. The number of methoxy groups -OCH3 is 2. The predicted octanol–water partition coefficient (Wildman–Crippen LogP) is 3.60. The minimum absolute atomic E-state index is 0.316. The molecule has 0 saturated heterocycles. The Hall–Kier alpha value is -3.87. The molecule has 1 heterocycles. The molecule has 0 fully saturated rings. The highest BCUT2D eigenvalue weighted by atomic mass is 16.5. The number of pyridine rings is 1. The van der Waals surface area contributed by atoms with E-state index < -0.39 is 5.91 Å². The summed E-state index contributed by atoms with van der Waals surface area (Å²) in [6.45, 7) is 0. The standard InChI is InChI=1S/C21H19N3O4/c1-27-15-11-14(12-16(13-15)28-2)20(25)23-18-8-4-3-7-17(18)21(26)24-19-9-5-6-10-22-19/h3-13H,1-2H3,(H,23,25)(H,22,24,26). The number of hydrogen-bond donors (Lipinski definition) is 2. The second kappa shape index (κ2) is 8.68. The van der Waals surface area contributed by atoms with Gasteiger partial charge >= 0.3 is 0 Å². The molecule has 2 amide bonds. The summed E-state index contributed by atoms with van der Waals surface area (Å²) in [4.78, 5) is 29.4. The van der Waals surface area contributed by atoms with Crippen molar-refractivity contribution in [1.82, 2.24) is 4.98 Å². The highest BCUT2D eigenvalue weighted by Gasteiger charge is 2.16. The molecule has 3 rings (SSSR count). The highest BCUT2D eigenvalue weighted by Crippen LogP contribution is 2.24. The van der Waals surface area contributed by atoms with Gasteiger partial charge in [0.1, 0.15) is 17.3 Å².